The summed E-state index contributed by atoms with van der Waals surface area (Å²) in [5.74, 6) is -0.0425. The second kappa shape index (κ2) is 4.97. The lowest BCUT2D eigenvalue weighted by Gasteiger charge is -2.22. The van der Waals surface area contributed by atoms with Crippen molar-refractivity contribution < 1.29 is 13.2 Å². The van der Waals surface area contributed by atoms with Crippen molar-refractivity contribution in [2.75, 3.05) is 18.6 Å². The molecule has 1 unspecified atom stereocenters. The summed E-state index contributed by atoms with van der Waals surface area (Å²) in [5, 5.41) is 0. The van der Waals surface area contributed by atoms with Gasteiger partial charge in [0.05, 0.1) is 11.5 Å². The molecule has 1 fully saturated rings. The van der Waals surface area contributed by atoms with Gasteiger partial charge in [0.1, 0.15) is 5.69 Å². The van der Waals surface area contributed by atoms with Gasteiger partial charge in [-0.15, -0.1) is 0 Å². The summed E-state index contributed by atoms with van der Waals surface area (Å²) in [6.07, 6.45) is 2.05. The van der Waals surface area contributed by atoms with Crippen LogP contribution in [0.2, 0.25) is 0 Å². The predicted molar refractivity (Wildman–Crippen MR) is 71.1 cm³/mol. The van der Waals surface area contributed by atoms with Gasteiger partial charge in [0.2, 0.25) is 0 Å². The topological polar surface area (TPSA) is 67.3 Å². The molecule has 1 atom stereocenters. The first-order valence-corrected chi connectivity index (χ1v) is 8.09. The highest BCUT2D eigenvalue weighted by molar-refractivity contribution is 9.10. The summed E-state index contributed by atoms with van der Waals surface area (Å²) in [4.78, 5) is 17.6. The first kappa shape index (κ1) is 13.5. The number of carbonyl (C=O) groups is 1. The van der Waals surface area contributed by atoms with E-state index in [4.69, 9.17) is 0 Å². The third-order valence-corrected chi connectivity index (χ3v) is 5.24. The smallest absolute Gasteiger partial charge is 0.272 e. The lowest BCUT2D eigenvalue weighted by molar-refractivity contribution is 0.0742. The molecular weight excluding hydrogens is 320 g/mol. The molecule has 0 aromatic carbocycles. The Hall–Kier alpha value is -0.950. The number of carbonyl (C=O) groups excluding carboxylic acids is 1. The fourth-order valence-electron chi connectivity index (χ4n) is 1.93. The molecule has 0 spiro atoms. The molecule has 0 radical (unpaired) electrons. The summed E-state index contributed by atoms with van der Waals surface area (Å²) >= 11 is 3.25. The summed E-state index contributed by atoms with van der Waals surface area (Å²) in [6, 6.07) is 3.11. The zero-order valence-corrected chi connectivity index (χ0v) is 12.2. The molecule has 0 bridgehead atoms. The number of sulfone groups is 1. The van der Waals surface area contributed by atoms with Crippen LogP contribution in [0.25, 0.3) is 0 Å². The third-order valence-electron chi connectivity index (χ3n) is 3.02. The SMILES string of the molecule is CN(C(=O)c1ccc(Br)cn1)C1CCS(=O)(=O)C1. The minimum atomic E-state index is -2.98. The van der Waals surface area contributed by atoms with Gasteiger partial charge in [0.15, 0.2) is 9.84 Å². The molecule has 2 rings (SSSR count). The average molecular weight is 333 g/mol. The first-order chi connectivity index (χ1) is 8.39. The molecule has 18 heavy (non-hydrogen) atoms. The van der Waals surface area contributed by atoms with Crippen LogP contribution in [0, 0.1) is 0 Å². The summed E-state index contributed by atoms with van der Waals surface area (Å²) < 4.78 is 23.6. The lowest BCUT2D eigenvalue weighted by atomic mass is 10.2. The maximum Gasteiger partial charge on any atom is 0.272 e. The van der Waals surface area contributed by atoms with Crippen molar-refractivity contribution in [1.82, 2.24) is 9.88 Å². The monoisotopic (exact) mass is 332 g/mol. The Labute approximate surface area is 114 Å². The van der Waals surface area contributed by atoms with Crippen LogP contribution in [-0.2, 0) is 9.84 Å². The maximum atomic E-state index is 12.1. The van der Waals surface area contributed by atoms with E-state index in [1.807, 2.05) is 0 Å². The fraction of sp³-hybridized carbons (Fsp3) is 0.455. The maximum absolute atomic E-state index is 12.1. The summed E-state index contributed by atoms with van der Waals surface area (Å²) in [7, 11) is -1.36. The number of nitrogens with zero attached hydrogens (tertiary/aromatic N) is 2. The molecule has 1 saturated heterocycles. The number of pyridine rings is 1. The van der Waals surface area contributed by atoms with Gasteiger partial charge in [-0.3, -0.25) is 4.79 Å². The van der Waals surface area contributed by atoms with Crippen molar-refractivity contribution in [1.29, 1.82) is 0 Å². The predicted octanol–water partition coefficient (Wildman–Crippen LogP) is 1.10. The first-order valence-electron chi connectivity index (χ1n) is 5.48. The van der Waals surface area contributed by atoms with E-state index < -0.39 is 9.84 Å². The van der Waals surface area contributed by atoms with Gasteiger partial charge in [-0.1, -0.05) is 0 Å². The Balaban J connectivity index is 2.12. The van der Waals surface area contributed by atoms with Crippen LogP contribution in [0.1, 0.15) is 16.9 Å². The second-order valence-electron chi connectivity index (χ2n) is 4.33. The number of hydrogen-bond donors (Lipinski definition) is 0. The van der Waals surface area contributed by atoms with Crippen molar-refractivity contribution in [2.24, 2.45) is 0 Å². The van der Waals surface area contributed by atoms with E-state index in [9.17, 15) is 13.2 Å². The number of rotatable bonds is 2. The largest absolute Gasteiger partial charge is 0.336 e. The van der Waals surface area contributed by atoms with Crippen molar-refractivity contribution in [2.45, 2.75) is 12.5 Å². The highest BCUT2D eigenvalue weighted by Gasteiger charge is 2.33. The van der Waals surface area contributed by atoms with E-state index in [0.717, 1.165) is 4.47 Å². The Morgan fingerprint density at radius 1 is 1.50 bits per heavy atom. The van der Waals surface area contributed by atoms with Gasteiger partial charge >= 0.3 is 0 Å². The highest BCUT2D eigenvalue weighted by Crippen LogP contribution is 2.18. The van der Waals surface area contributed by atoms with Crippen LogP contribution in [0.3, 0.4) is 0 Å². The standard InChI is InChI=1S/C11H13BrN2O3S/c1-14(9-4-5-18(16,17)7-9)11(15)10-3-2-8(12)6-13-10/h2-3,6,9H,4-5,7H2,1H3. The van der Waals surface area contributed by atoms with E-state index in [0.29, 0.717) is 12.1 Å². The molecular formula is C11H13BrN2O3S. The molecule has 1 aromatic rings. The minimum Gasteiger partial charge on any atom is -0.336 e. The molecule has 0 aliphatic carbocycles. The highest BCUT2D eigenvalue weighted by atomic mass is 79.9. The van der Waals surface area contributed by atoms with Gasteiger partial charge in [-0.05, 0) is 34.5 Å². The molecule has 1 aromatic heterocycles. The molecule has 1 aliphatic rings. The van der Waals surface area contributed by atoms with E-state index in [1.54, 1.807) is 25.4 Å². The van der Waals surface area contributed by atoms with Crippen LogP contribution in [0.4, 0.5) is 0 Å². The van der Waals surface area contributed by atoms with E-state index in [1.165, 1.54) is 4.90 Å². The summed E-state index contributed by atoms with van der Waals surface area (Å²) in [5.41, 5.74) is 0.324. The van der Waals surface area contributed by atoms with Gasteiger partial charge in [0, 0.05) is 23.8 Å². The fourth-order valence-corrected chi connectivity index (χ4v) is 3.94. The van der Waals surface area contributed by atoms with Crippen LogP contribution in [0.5, 0.6) is 0 Å². The molecule has 7 heteroatoms. The van der Waals surface area contributed by atoms with Crippen LogP contribution in [0.15, 0.2) is 22.8 Å². The van der Waals surface area contributed by atoms with E-state index in [2.05, 4.69) is 20.9 Å². The zero-order valence-electron chi connectivity index (χ0n) is 9.84. The number of halogens is 1. The van der Waals surface area contributed by atoms with Gasteiger partial charge in [-0.2, -0.15) is 0 Å². The Morgan fingerprint density at radius 3 is 2.72 bits per heavy atom. The van der Waals surface area contributed by atoms with Crippen molar-refractivity contribution in [3.05, 3.63) is 28.5 Å². The quantitative estimate of drug-likeness (QED) is 0.813. The van der Waals surface area contributed by atoms with Crippen LogP contribution >= 0.6 is 15.9 Å². The molecule has 2 heterocycles. The number of aromatic nitrogens is 1. The van der Waals surface area contributed by atoms with Crippen molar-refractivity contribution in [3.63, 3.8) is 0 Å². The molecule has 0 saturated carbocycles. The van der Waals surface area contributed by atoms with E-state index >= 15 is 0 Å². The Kier molecular flexibility index (Phi) is 3.72. The average Bonchev–Trinajstić information content (AvgIpc) is 2.69. The lowest BCUT2D eigenvalue weighted by Crippen LogP contribution is -2.38. The Morgan fingerprint density at radius 2 is 2.22 bits per heavy atom. The van der Waals surface area contributed by atoms with Gasteiger partial charge in [-0.25, -0.2) is 13.4 Å². The van der Waals surface area contributed by atoms with Gasteiger partial charge in [0.25, 0.3) is 5.91 Å². The molecule has 1 amide bonds. The summed E-state index contributed by atoms with van der Waals surface area (Å²) in [6.45, 7) is 0. The number of amides is 1. The molecule has 0 N–H and O–H groups in total. The zero-order chi connectivity index (χ0) is 13.3. The Bertz CT molecular complexity index is 556. The third kappa shape index (κ3) is 2.89. The van der Waals surface area contributed by atoms with Crippen molar-refractivity contribution in [3.8, 4) is 0 Å². The molecule has 98 valence electrons. The molecule has 1 aliphatic heterocycles. The number of hydrogen-bond acceptors (Lipinski definition) is 4. The van der Waals surface area contributed by atoms with Gasteiger partial charge < -0.3 is 4.90 Å². The second-order valence-corrected chi connectivity index (χ2v) is 7.48. The van der Waals surface area contributed by atoms with E-state index in [-0.39, 0.29) is 23.5 Å². The van der Waals surface area contributed by atoms with Crippen LogP contribution < -0.4 is 0 Å². The normalized spacial score (nSPS) is 21.8. The van der Waals surface area contributed by atoms with Crippen molar-refractivity contribution >= 4 is 31.7 Å². The molecule has 5 nitrogen and oxygen atoms in total. The minimum absolute atomic E-state index is 0.0474. The van der Waals surface area contributed by atoms with Crippen LogP contribution in [-0.4, -0.2) is 48.8 Å².